The molecule has 0 amide bonds. The van der Waals surface area contributed by atoms with Gasteiger partial charge in [-0.3, -0.25) is 0 Å². The molecule has 1 aliphatic heterocycles. The average Bonchev–Trinajstić information content (AvgIpc) is 2.36. The Kier molecular flexibility index (Phi) is 4.08. The van der Waals surface area contributed by atoms with E-state index in [0.717, 1.165) is 19.6 Å². The summed E-state index contributed by atoms with van der Waals surface area (Å²) in [4.78, 5) is 0. The molecule has 94 valence electrons. The molecule has 1 N–H and O–H groups in total. The van der Waals surface area contributed by atoms with Crippen LogP contribution in [-0.4, -0.2) is 24.6 Å². The first-order valence-corrected chi connectivity index (χ1v) is 6.66. The van der Waals surface area contributed by atoms with Crippen molar-refractivity contribution in [1.29, 1.82) is 0 Å². The van der Waals surface area contributed by atoms with E-state index in [-0.39, 0.29) is 11.6 Å². The van der Waals surface area contributed by atoms with Crippen molar-refractivity contribution in [3.05, 3.63) is 35.4 Å². The van der Waals surface area contributed by atoms with Gasteiger partial charge < -0.3 is 10.1 Å². The number of alkyl halides is 1. The first-order valence-electron chi connectivity index (χ1n) is 6.13. The van der Waals surface area contributed by atoms with Gasteiger partial charge in [-0.1, -0.05) is 24.3 Å². The molecule has 1 atom stereocenters. The third kappa shape index (κ3) is 3.21. The Hall–Kier alpha value is -0.570. The highest BCUT2D eigenvalue weighted by atomic mass is 35.5. The SMILES string of the molecule is CC(C)(CCl)NCC1OCCc2ccccc21. The Balaban J connectivity index is 2.04. The normalized spacial score (nSPS) is 20.1. The minimum atomic E-state index is -0.0443. The van der Waals surface area contributed by atoms with Crippen LogP contribution in [0.15, 0.2) is 24.3 Å². The van der Waals surface area contributed by atoms with Crippen LogP contribution < -0.4 is 5.32 Å². The molecule has 0 aromatic heterocycles. The Morgan fingerprint density at radius 2 is 2.18 bits per heavy atom. The molecule has 1 aromatic rings. The van der Waals surface area contributed by atoms with Gasteiger partial charge in [-0.25, -0.2) is 0 Å². The topological polar surface area (TPSA) is 21.3 Å². The lowest BCUT2D eigenvalue weighted by molar-refractivity contribution is 0.0386. The maximum atomic E-state index is 5.91. The average molecular weight is 254 g/mol. The molecule has 0 radical (unpaired) electrons. The van der Waals surface area contributed by atoms with Crippen molar-refractivity contribution in [1.82, 2.24) is 5.32 Å². The Morgan fingerprint density at radius 1 is 1.41 bits per heavy atom. The molecular weight excluding hydrogens is 234 g/mol. The molecule has 2 nitrogen and oxygen atoms in total. The van der Waals surface area contributed by atoms with Crippen LogP contribution in [-0.2, 0) is 11.2 Å². The summed E-state index contributed by atoms with van der Waals surface area (Å²) in [6.07, 6.45) is 1.17. The van der Waals surface area contributed by atoms with Gasteiger partial charge in [0, 0.05) is 18.0 Å². The summed E-state index contributed by atoms with van der Waals surface area (Å²) < 4.78 is 5.84. The van der Waals surface area contributed by atoms with Gasteiger partial charge in [-0.15, -0.1) is 11.6 Å². The summed E-state index contributed by atoms with van der Waals surface area (Å²) in [5, 5.41) is 3.46. The van der Waals surface area contributed by atoms with E-state index in [2.05, 4.69) is 43.4 Å². The van der Waals surface area contributed by atoms with Crippen LogP contribution >= 0.6 is 11.6 Å². The predicted octanol–water partition coefficient (Wildman–Crippen LogP) is 2.91. The van der Waals surface area contributed by atoms with Crippen LogP contribution in [0.1, 0.15) is 31.1 Å². The number of rotatable bonds is 4. The van der Waals surface area contributed by atoms with Gasteiger partial charge in [0.1, 0.15) is 0 Å². The minimum Gasteiger partial charge on any atom is -0.372 e. The van der Waals surface area contributed by atoms with Gasteiger partial charge in [0.25, 0.3) is 0 Å². The van der Waals surface area contributed by atoms with E-state index < -0.39 is 0 Å². The van der Waals surface area contributed by atoms with Crippen molar-refractivity contribution in [2.75, 3.05) is 19.0 Å². The van der Waals surface area contributed by atoms with Gasteiger partial charge in [-0.2, -0.15) is 0 Å². The molecule has 0 spiro atoms. The maximum absolute atomic E-state index is 5.91. The summed E-state index contributed by atoms with van der Waals surface area (Å²) in [5.74, 6) is 0.599. The van der Waals surface area contributed by atoms with Crippen molar-refractivity contribution in [3.63, 3.8) is 0 Å². The number of benzene rings is 1. The number of nitrogens with one attached hydrogen (secondary N) is 1. The molecule has 17 heavy (non-hydrogen) atoms. The maximum Gasteiger partial charge on any atom is 0.0952 e. The Labute approximate surface area is 108 Å². The molecular formula is C14H20ClNO. The van der Waals surface area contributed by atoms with Crippen LogP contribution in [0.25, 0.3) is 0 Å². The molecule has 0 fully saturated rings. The zero-order valence-electron chi connectivity index (χ0n) is 10.5. The van der Waals surface area contributed by atoms with E-state index >= 15 is 0 Å². The third-order valence-corrected chi connectivity index (χ3v) is 3.86. The minimum absolute atomic E-state index is 0.0443. The summed E-state index contributed by atoms with van der Waals surface area (Å²) >= 11 is 5.91. The van der Waals surface area contributed by atoms with Gasteiger partial charge in [-0.05, 0) is 31.4 Å². The van der Waals surface area contributed by atoms with E-state index in [1.54, 1.807) is 0 Å². The molecule has 0 bridgehead atoms. The van der Waals surface area contributed by atoms with Gasteiger partial charge in [0.15, 0.2) is 0 Å². The fraction of sp³-hybridized carbons (Fsp3) is 0.571. The van der Waals surface area contributed by atoms with E-state index in [4.69, 9.17) is 16.3 Å². The van der Waals surface area contributed by atoms with Crippen molar-refractivity contribution in [2.45, 2.75) is 31.9 Å². The number of hydrogen-bond acceptors (Lipinski definition) is 2. The van der Waals surface area contributed by atoms with Crippen LogP contribution in [0.2, 0.25) is 0 Å². The van der Waals surface area contributed by atoms with Crippen LogP contribution in [0.5, 0.6) is 0 Å². The summed E-state index contributed by atoms with van der Waals surface area (Å²) in [7, 11) is 0. The molecule has 2 rings (SSSR count). The van der Waals surface area contributed by atoms with Gasteiger partial charge >= 0.3 is 0 Å². The van der Waals surface area contributed by atoms with Crippen molar-refractivity contribution >= 4 is 11.6 Å². The van der Waals surface area contributed by atoms with Gasteiger partial charge in [0.05, 0.1) is 12.7 Å². The highest BCUT2D eigenvalue weighted by Gasteiger charge is 2.23. The molecule has 1 aliphatic rings. The van der Waals surface area contributed by atoms with Crippen molar-refractivity contribution in [2.24, 2.45) is 0 Å². The van der Waals surface area contributed by atoms with Crippen LogP contribution in [0, 0.1) is 0 Å². The summed E-state index contributed by atoms with van der Waals surface area (Å²) in [6, 6.07) is 8.52. The highest BCUT2D eigenvalue weighted by molar-refractivity contribution is 6.18. The number of halogens is 1. The fourth-order valence-electron chi connectivity index (χ4n) is 2.06. The second-order valence-corrected chi connectivity index (χ2v) is 5.47. The zero-order chi connectivity index (χ0) is 12.3. The Bertz CT molecular complexity index is 378. The third-order valence-electron chi connectivity index (χ3n) is 3.19. The lowest BCUT2D eigenvalue weighted by atomic mass is 9.97. The number of hydrogen-bond donors (Lipinski definition) is 1. The monoisotopic (exact) mass is 253 g/mol. The zero-order valence-corrected chi connectivity index (χ0v) is 11.3. The first kappa shape index (κ1) is 12.9. The quantitative estimate of drug-likeness (QED) is 0.834. The lowest BCUT2D eigenvalue weighted by Crippen LogP contribution is -2.44. The number of fused-ring (bicyclic) bond motifs is 1. The summed E-state index contributed by atoms with van der Waals surface area (Å²) in [5.41, 5.74) is 2.68. The van der Waals surface area contributed by atoms with Gasteiger partial charge in [0.2, 0.25) is 0 Å². The van der Waals surface area contributed by atoms with E-state index in [9.17, 15) is 0 Å². The summed E-state index contributed by atoms with van der Waals surface area (Å²) in [6.45, 7) is 5.84. The molecule has 0 saturated carbocycles. The standard InChI is InChI=1S/C14H20ClNO/c1-14(2,10-15)16-9-13-12-6-4-3-5-11(12)7-8-17-13/h3-6,13,16H,7-10H2,1-2H3. The fourth-order valence-corrected chi connectivity index (χ4v) is 2.16. The van der Waals surface area contributed by atoms with E-state index in [1.807, 2.05) is 0 Å². The molecule has 1 aromatic carbocycles. The first-order chi connectivity index (χ1) is 8.12. The predicted molar refractivity (Wildman–Crippen MR) is 71.6 cm³/mol. The number of ether oxygens (including phenoxy) is 1. The smallest absolute Gasteiger partial charge is 0.0952 e. The Morgan fingerprint density at radius 3 is 2.94 bits per heavy atom. The largest absolute Gasteiger partial charge is 0.372 e. The molecule has 1 heterocycles. The van der Waals surface area contributed by atoms with E-state index in [1.165, 1.54) is 11.1 Å². The molecule has 0 aliphatic carbocycles. The highest BCUT2D eigenvalue weighted by Crippen LogP contribution is 2.26. The second-order valence-electron chi connectivity index (χ2n) is 5.21. The van der Waals surface area contributed by atoms with Crippen molar-refractivity contribution < 1.29 is 4.74 Å². The molecule has 0 saturated heterocycles. The second kappa shape index (κ2) is 5.38. The lowest BCUT2D eigenvalue weighted by Gasteiger charge is -2.30. The van der Waals surface area contributed by atoms with Crippen LogP contribution in [0.3, 0.4) is 0 Å². The van der Waals surface area contributed by atoms with E-state index in [0.29, 0.717) is 5.88 Å². The molecule has 3 heteroatoms. The van der Waals surface area contributed by atoms with Crippen LogP contribution in [0.4, 0.5) is 0 Å². The van der Waals surface area contributed by atoms with Crippen molar-refractivity contribution in [3.8, 4) is 0 Å². The molecule has 1 unspecified atom stereocenters.